The van der Waals surface area contributed by atoms with Crippen molar-refractivity contribution in [2.75, 3.05) is 5.75 Å². The fourth-order valence-corrected chi connectivity index (χ4v) is 6.06. The van der Waals surface area contributed by atoms with E-state index in [9.17, 15) is 4.79 Å². The van der Waals surface area contributed by atoms with Gasteiger partial charge in [-0.25, -0.2) is 4.98 Å². The van der Waals surface area contributed by atoms with Crippen molar-refractivity contribution < 1.29 is 4.79 Å². The van der Waals surface area contributed by atoms with Gasteiger partial charge >= 0.3 is 0 Å². The normalized spacial score (nSPS) is 18.6. The first-order chi connectivity index (χ1) is 15.3. The number of para-hydroxylation sites is 1. The number of carbonyl (C=O) groups excluding carboxylic acids is 1. The zero-order valence-electron chi connectivity index (χ0n) is 18.1. The minimum atomic E-state index is 0.325. The van der Waals surface area contributed by atoms with Gasteiger partial charge in [0.25, 0.3) is 0 Å². The summed E-state index contributed by atoms with van der Waals surface area (Å²) in [6.07, 6.45) is 13.0. The molecule has 0 aliphatic heterocycles. The predicted octanol–water partition coefficient (Wildman–Crippen LogP) is 5.48. The van der Waals surface area contributed by atoms with Crippen LogP contribution in [0.3, 0.4) is 0 Å². The predicted molar refractivity (Wildman–Crippen MR) is 125 cm³/mol. The summed E-state index contributed by atoms with van der Waals surface area (Å²) in [5.41, 5.74) is 2.58. The molecule has 7 heteroatoms. The maximum absolute atomic E-state index is 13.3. The first-order valence-electron chi connectivity index (χ1n) is 11.8. The number of carbonyl (C=O) groups is 1. The molecule has 2 aliphatic carbocycles. The molecule has 164 valence electrons. The molecule has 0 bridgehead atoms. The highest BCUT2D eigenvalue weighted by atomic mass is 32.2. The van der Waals surface area contributed by atoms with E-state index in [1.807, 2.05) is 24.3 Å². The second-order valence-electron chi connectivity index (χ2n) is 8.95. The van der Waals surface area contributed by atoms with Gasteiger partial charge < -0.3 is 9.88 Å². The number of H-pyrrole nitrogens is 1. The maximum Gasteiger partial charge on any atom is 0.223 e. The fourth-order valence-electron chi connectivity index (χ4n) is 5.35. The van der Waals surface area contributed by atoms with E-state index >= 15 is 0 Å². The van der Waals surface area contributed by atoms with Crippen molar-refractivity contribution in [1.82, 2.24) is 25.1 Å². The van der Waals surface area contributed by atoms with Crippen molar-refractivity contribution in [3.63, 3.8) is 0 Å². The molecule has 1 amide bonds. The Morgan fingerprint density at radius 2 is 1.65 bits per heavy atom. The van der Waals surface area contributed by atoms with Crippen molar-refractivity contribution >= 4 is 39.7 Å². The molecule has 2 saturated carbocycles. The Morgan fingerprint density at radius 3 is 2.35 bits per heavy atom. The molecule has 31 heavy (non-hydrogen) atoms. The van der Waals surface area contributed by atoms with Crippen LogP contribution < -0.4 is 0 Å². The van der Waals surface area contributed by atoms with Gasteiger partial charge in [-0.2, -0.15) is 0 Å². The molecule has 2 heterocycles. The lowest BCUT2D eigenvalue weighted by Crippen LogP contribution is -2.48. The number of nitrogens with zero attached hydrogens (tertiary/aromatic N) is 4. The van der Waals surface area contributed by atoms with Crippen molar-refractivity contribution in [2.24, 2.45) is 0 Å². The SMILES string of the molecule is O=C(CCSc1nnc2c(n1)[nH]c1ccccc12)N(C1CCCCC1)C1CCCCC1. The van der Waals surface area contributed by atoms with Crippen LogP contribution in [0.25, 0.3) is 22.1 Å². The number of fused-ring (bicyclic) bond motifs is 3. The monoisotopic (exact) mass is 437 g/mol. The van der Waals surface area contributed by atoms with Gasteiger partial charge in [0.15, 0.2) is 5.65 Å². The van der Waals surface area contributed by atoms with Crippen LogP contribution >= 0.6 is 11.8 Å². The van der Waals surface area contributed by atoms with Gasteiger partial charge in [-0.15, -0.1) is 10.2 Å². The Balaban J connectivity index is 1.24. The van der Waals surface area contributed by atoms with Gasteiger partial charge in [0.1, 0.15) is 5.52 Å². The summed E-state index contributed by atoms with van der Waals surface area (Å²) in [6, 6.07) is 8.95. The van der Waals surface area contributed by atoms with E-state index in [0.717, 1.165) is 22.1 Å². The van der Waals surface area contributed by atoms with Crippen molar-refractivity contribution in [3.05, 3.63) is 24.3 Å². The fraction of sp³-hybridized carbons (Fsp3) is 0.583. The highest BCUT2D eigenvalue weighted by Crippen LogP contribution is 2.31. The smallest absolute Gasteiger partial charge is 0.223 e. The topological polar surface area (TPSA) is 74.8 Å². The number of nitrogens with one attached hydrogen (secondary N) is 1. The average molecular weight is 438 g/mol. The molecule has 2 aromatic heterocycles. The molecule has 1 aromatic carbocycles. The lowest BCUT2D eigenvalue weighted by Gasteiger charge is -2.42. The van der Waals surface area contributed by atoms with Crippen molar-refractivity contribution in [1.29, 1.82) is 0 Å². The molecule has 6 nitrogen and oxygen atoms in total. The van der Waals surface area contributed by atoms with E-state index in [2.05, 4.69) is 25.1 Å². The van der Waals surface area contributed by atoms with E-state index < -0.39 is 0 Å². The first-order valence-corrected chi connectivity index (χ1v) is 12.8. The highest BCUT2D eigenvalue weighted by Gasteiger charge is 2.32. The molecule has 0 atom stereocenters. The first kappa shape index (κ1) is 20.7. The summed E-state index contributed by atoms with van der Waals surface area (Å²) in [4.78, 5) is 23.6. The third-order valence-electron chi connectivity index (χ3n) is 6.87. The number of aromatic amines is 1. The van der Waals surface area contributed by atoms with Crippen LogP contribution in [0.5, 0.6) is 0 Å². The van der Waals surface area contributed by atoms with Gasteiger partial charge in [0.2, 0.25) is 11.1 Å². The Morgan fingerprint density at radius 1 is 0.968 bits per heavy atom. The van der Waals surface area contributed by atoms with Crippen molar-refractivity contribution in [3.8, 4) is 0 Å². The van der Waals surface area contributed by atoms with Gasteiger partial charge in [-0.05, 0) is 31.7 Å². The standard InChI is InChI=1S/C24H31N5OS/c30-21(29(17-9-3-1-4-10-17)18-11-5-2-6-12-18)15-16-31-24-26-23-22(27-28-24)19-13-7-8-14-20(19)25-23/h7-8,13-14,17-18H,1-6,9-12,15-16H2,(H,25,26,28). The third kappa shape index (κ3) is 4.56. The largest absolute Gasteiger partial charge is 0.338 e. The maximum atomic E-state index is 13.3. The van der Waals surface area contributed by atoms with Crippen LogP contribution in [0.2, 0.25) is 0 Å². The summed E-state index contributed by atoms with van der Waals surface area (Å²) in [7, 11) is 0. The van der Waals surface area contributed by atoms with Gasteiger partial charge in [0, 0.05) is 35.2 Å². The van der Waals surface area contributed by atoms with E-state index in [0.29, 0.717) is 35.3 Å². The molecular weight excluding hydrogens is 406 g/mol. The summed E-state index contributed by atoms with van der Waals surface area (Å²) in [5.74, 6) is 1.02. The second-order valence-corrected chi connectivity index (χ2v) is 10.0. The number of rotatable bonds is 6. The minimum Gasteiger partial charge on any atom is -0.338 e. The Hall–Kier alpha value is -2.15. The van der Waals surface area contributed by atoms with Gasteiger partial charge in [0.05, 0.1) is 0 Å². The quantitative estimate of drug-likeness (QED) is 0.517. The lowest BCUT2D eigenvalue weighted by molar-refractivity contribution is -0.137. The number of aromatic nitrogens is 4. The van der Waals surface area contributed by atoms with E-state index in [-0.39, 0.29) is 0 Å². The summed E-state index contributed by atoms with van der Waals surface area (Å²) in [6.45, 7) is 0. The number of hydrogen-bond donors (Lipinski definition) is 1. The van der Waals surface area contributed by atoms with Crippen LogP contribution in [-0.2, 0) is 4.79 Å². The zero-order valence-corrected chi connectivity index (χ0v) is 18.9. The Labute approximate surface area is 187 Å². The summed E-state index contributed by atoms with van der Waals surface area (Å²) >= 11 is 1.53. The molecule has 0 saturated heterocycles. The number of hydrogen-bond acceptors (Lipinski definition) is 5. The number of thioether (sulfide) groups is 1. The van der Waals surface area contributed by atoms with Gasteiger partial charge in [-0.1, -0.05) is 68.5 Å². The molecule has 2 fully saturated rings. The average Bonchev–Trinajstić information content (AvgIpc) is 3.18. The molecule has 0 radical (unpaired) electrons. The molecule has 3 aromatic rings. The molecule has 0 unspecified atom stereocenters. The molecule has 5 rings (SSSR count). The number of amides is 1. The van der Waals surface area contributed by atoms with Crippen LogP contribution in [0, 0.1) is 0 Å². The molecule has 1 N–H and O–H groups in total. The zero-order chi connectivity index (χ0) is 21.0. The summed E-state index contributed by atoms with van der Waals surface area (Å²) in [5, 5.41) is 10.4. The van der Waals surface area contributed by atoms with Crippen LogP contribution in [0.15, 0.2) is 29.4 Å². The second kappa shape index (κ2) is 9.55. The van der Waals surface area contributed by atoms with Crippen LogP contribution in [0.1, 0.15) is 70.6 Å². The third-order valence-corrected chi connectivity index (χ3v) is 7.71. The number of benzene rings is 1. The Kier molecular flexibility index (Phi) is 6.39. The highest BCUT2D eigenvalue weighted by molar-refractivity contribution is 7.99. The molecule has 2 aliphatic rings. The lowest BCUT2D eigenvalue weighted by atomic mass is 9.88. The van der Waals surface area contributed by atoms with E-state index in [1.165, 1.54) is 76.0 Å². The van der Waals surface area contributed by atoms with Crippen LogP contribution in [-0.4, -0.2) is 48.8 Å². The van der Waals surface area contributed by atoms with E-state index in [1.54, 1.807) is 0 Å². The Bertz CT molecular complexity index is 1020. The molecular formula is C24H31N5OS. The minimum absolute atomic E-state index is 0.325. The van der Waals surface area contributed by atoms with E-state index in [4.69, 9.17) is 0 Å². The molecule has 0 spiro atoms. The van der Waals surface area contributed by atoms with Crippen LogP contribution in [0.4, 0.5) is 0 Å². The summed E-state index contributed by atoms with van der Waals surface area (Å²) < 4.78 is 0. The van der Waals surface area contributed by atoms with Crippen molar-refractivity contribution in [2.45, 2.75) is 87.9 Å². The van der Waals surface area contributed by atoms with Gasteiger partial charge in [-0.3, -0.25) is 4.79 Å².